The number of hydrogen-bond donors (Lipinski definition) is 2. The molecule has 5 nitrogen and oxygen atoms in total. The molecule has 5 heteroatoms. The van der Waals surface area contributed by atoms with Gasteiger partial charge in [0.25, 0.3) is 0 Å². The number of hydrogen-bond acceptors (Lipinski definition) is 4. The van der Waals surface area contributed by atoms with Crippen LogP contribution in [0.25, 0.3) is 10.9 Å². The van der Waals surface area contributed by atoms with E-state index in [-0.39, 0.29) is 11.4 Å². The van der Waals surface area contributed by atoms with Crippen LogP contribution in [0.1, 0.15) is 58.9 Å². The van der Waals surface area contributed by atoms with Crippen molar-refractivity contribution in [2.24, 2.45) is 0 Å². The maximum absolute atomic E-state index is 11.9. The number of amides is 1. The molecule has 0 atom stereocenters. The van der Waals surface area contributed by atoms with Gasteiger partial charge in [-0.1, -0.05) is 25.5 Å². The van der Waals surface area contributed by atoms with Crippen molar-refractivity contribution in [2.45, 2.75) is 65.3 Å². The van der Waals surface area contributed by atoms with Gasteiger partial charge in [0.05, 0.1) is 12.1 Å². The summed E-state index contributed by atoms with van der Waals surface area (Å²) in [5, 5.41) is 4.00. The topological polar surface area (TPSA) is 77.2 Å². The van der Waals surface area contributed by atoms with Crippen LogP contribution in [0.5, 0.6) is 5.75 Å². The highest BCUT2D eigenvalue weighted by Gasteiger charge is 2.13. The molecule has 0 radical (unpaired) electrons. The molecule has 1 heterocycles. The van der Waals surface area contributed by atoms with Gasteiger partial charge >= 0.3 is 0 Å². The number of carbonyl (C=O) groups is 1. The van der Waals surface area contributed by atoms with Gasteiger partial charge in [0, 0.05) is 17.3 Å². The summed E-state index contributed by atoms with van der Waals surface area (Å²) in [6, 6.07) is 8.12. The van der Waals surface area contributed by atoms with Crippen LogP contribution in [-0.4, -0.2) is 23.0 Å². The zero-order valence-corrected chi connectivity index (χ0v) is 16.4. The summed E-state index contributed by atoms with van der Waals surface area (Å²) in [4.78, 5) is 16.4. The van der Waals surface area contributed by atoms with E-state index in [0.29, 0.717) is 24.6 Å². The van der Waals surface area contributed by atoms with Crippen LogP contribution in [0.3, 0.4) is 0 Å². The van der Waals surface area contributed by atoms with Crippen LogP contribution in [0.4, 0.5) is 5.82 Å². The number of aromatic nitrogens is 1. The van der Waals surface area contributed by atoms with Crippen molar-refractivity contribution in [3.8, 4) is 5.75 Å². The quantitative estimate of drug-likeness (QED) is 0.693. The van der Waals surface area contributed by atoms with E-state index in [0.717, 1.165) is 42.1 Å². The van der Waals surface area contributed by atoms with Gasteiger partial charge in [0.1, 0.15) is 0 Å². The van der Waals surface area contributed by atoms with Crippen molar-refractivity contribution in [1.29, 1.82) is 0 Å². The average Bonchev–Trinajstić information content (AvgIpc) is 2.54. The fourth-order valence-electron chi connectivity index (χ4n) is 2.74. The Morgan fingerprint density at radius 1 is 1.23 bits per heavy atom. The molecule has 26 heavy (non-hydrogen) atoms. The van der Waals surface area contributed by atoms with Gasteiger partial charge in [-0.3, -0.25) is 4.79 Å². The molecule has 0 bridgehead atoms. The standard InChI is InChI=1S/C21H31N3O2/c1-5-6-12-26-18-14-16-11-10-15(13-17(16)23-20(18)22)8-7-9-19(25)24-21(2,3)4/h10-11,13-14H,5-9,12H2,1-4H3,(H2,22,23)(H,24,25). The number of pyridine rings is 1. The zero-order chi connectivity index (χ0) is 19.2. The van der Waals surface area contributed by atoms with Crippen molar-refractivity contribution < 1.29 is 9.53 Å². The van der Waals surface area contributed by atoms with E-state index in [4.69, 9.17) is 10.5 Å². The summed E-state index contributed by atoms with van der Waals surface area (Å²) in [5.41, 5.74) is 7.87. The highest BCUT2D eigenvalue weighted by molar-refractivity contribution is 5.83. The van der Waals surface area contributed by atoms with Crippen LogP contribution in [0, 0.1) is 0 Å². The Bertz CT molecular complexity index is 751. The van der Waals surface area contributed by atoms with Crippen LogP contribution < -0.4 is 15.8 Å². The molecule has 3 N–H and O–H groups in total. The van der Waals surface area contributed by atoms with Crippen molar-refractivity contribution in [3.63, 3.8) is 0 Å². The summed E-state index contributed by atoms with van der Waals surface area (Å²) < 4.78 is 5.71. The number of carbonyl (C=O) groups excluding carboxylic acids is 1. The Kier molecular flexibility index (Phi) is 6.83. The lowest BCUT2D eigenvalue weighted by molar-refractivity contribution is -0.122. The van der Waals surface area contributed by atoms with Crippen LogP contribution in [-0.2, 0) is 11.2 Å². The average molecular weight is 357 g/mol. The Morgan fingerprint density at radius 3 is 2.69 bits per heavy atom. The van der Waals surface area contributed by atoms with Crippen LogP contribution in [0.15, 0.2) is 24.3 Å². The molecule has 1 aromatic heterocycles. The number of ether oxygens (including phenoxy) is 1. The fraction of sp³-hybridized carbons (Fsp3) is 0.524. The van der Waals surface area contributed by atoms with Gasteiger partial charge in [-0.15, -0.1) is 0 Å². The predicted octanol–water partition coefficient (Wildman–Crippen LogP) is 4.23. The van der Waals surface area contributed by atoms with Gasteiger partial charge in [0.2, 0.25) is 5.91 Å². The van der Waals surface area contributed by atoms with Crippen molar-refractivity contribution >= 4 is 22.6 Å². The number of fused-ring (bicyclic) bond motifs is 1. The summed E-state index contributed by atoms with van der Waals surface area (Å²) in [7, 11) is 0. The van der Waals surface area contributed by atoms with E-state index in [9.17, 15) is 4.79 Å². The molecule has 2 aromatic rings. The number of nitrogens with two attached hydrogens (primary N) is 1. The Labute approximate surface area is 156 Å². The molecular formula is C21H31N3O2. The smallest absolute Gasteiger partial charge is 0.220 e. The zero-order valence-electron chi connectivity index (χ0n) is 16.4. The lowest BCUT2D eigenvalue weighted by Gasteiger charge is -2.20. The summed E-state index contributed by atoms with van der Waals surface area (Å²) in [5.74, 6) is 1.17. The lowest BCUT2D eigenvalue weighted by atomic mass is 10.0. The molecule has 0 aliphatic heterocycles. The lowest BCUT2D eigenvalue weighted by Crippen LogP contribution is -2.40. The molecule has 0 saturated carbocycles. The van der Waals surface area contributed by atoms with Gasteiger partial charge in [-0.2, -0.15) is 0 Å². The highest BCUT2D eigenvalue weighted by Crippen LogP contribution is 2.26. The molecule has 1 amide bonds. The summed E-state index contributed by atoms with van der Waals surface area (Å²) >= 11 is 0. The number of anilines is 1. The molecule has 2 rings (SSSR count). The fourth-order valence-corrected chi connectivity index (χ4v) is 2.74. The molecule has 1 aromatic carbocycles. The minimum Gasteiger partial charge on any atom is -0.490 e. The van der Waals surface area contributed by atoms with Gasteiger partial charge < -0.3 is 15.8 Å². The maximum atomic E-state index is 11.9. The number of nitrogens with one attached hydrogen (secondary N) is 1. The second-order valence-corrected chi connectivity index (χ2v) is 7.75. The molecular weight excluding hydrogens is 326 g/mol. The first-order valence-electron chi connectivity index (χ1n) is 9.41. The predicted molar refractivity (Wildman–Crippen MR) is 107 cm³/mol. The van der Waals surface area contributed by atoms with E-state index in [2.05, 4.69) is 23.3 Å². The number of benzene rings is 1. The third kappa shape index (κ3) is 6.21. The van der Waals surface area contributed by atoms with Crippen molar-refractivity contribution in [2.75, 3.05) is 12.3 Å². The molecule has 0 aliphatic rings. The first kappa shape index (κ1) is 20.0. The number of aryl methyl sites for hydroxylation is 1. The first-order chi connectivity index (χ1) is 12.3. The third-order valence-corrected chi connectivity index (χ3v) is 4.01. The molecule has 142 valence electrons. The molecule has 0 fully saturated rings. The largest absolute Gasteiger partial charge is 0.490 e. The Hall–Kier alpha value is -2.30. The van der Waals surface area contributed by atoms with Crippen LogP contribution >= 0.6 is 0 Å². The second kappa shape index (κ2) is 8.88. The third-order valence-electron chi connectivity index (χ3n) is 4.01. The SMILES string of the molecule is CCCCOc1cc2ccc(CCCC(=O)NC(C)(C)C)cc2nc1N. The van der Waals surface area contributed by atoms with E-state index < -0.39 is 0 Å². The van der Waals surface area contributed by atoms with E-state index in [1.807, 2.05) is 39.0 Å². The summed E-state index contributed by atoms with van der Waals surface area (Å²) in [6.07, 6.45) is 4.25. The molecule has 0 aliphatic carbocycles. The van der Waals surface area contributed by atoms with Crippen LogP contribution in [0.2, 0.25) is 0 Å². The monoisotopic (exact) mass is 357 g/mol. The minimum absolute atomic E-state index is 0.0922. The molecule has 0 saturated heterocycles. The first-order valence-corrected chi connectivity index (χ1v) is 9.41. The van der Waals surface area contributed by atoms with Gasteiger partial charge in [-0.05, 0) is 57.7 Å². The van der Waals surface area contributed by atoms with Gasteiger partial charge in [-0.25, -0.2) is 4.98 Å². The number of nitrogen functional groups attached to an aromatic ring is 1. The Morgan fingerprint density at radius 2 is 2.00 bits per heavy atom. The highest BCUT2D eigenvalue weighted by atomic mass is 16.5. The van der Waals surface area contributed by atoms with Crippen molar-refractivity contribution in [3.05, 3.63) is 29.8 Å². The van der Waals surface area contributed by atoms with Crippen molar-refractivity contribution in [1.82, 2.24) is 10.3 Å². The summed E-state index contributed by atoms with van der Waals surface area (Å²) in [6.45, 7) is 8.75. The Balaban J connectivity index is 1.98. The van der Waals surface area contributed by atoms with E-state index >= 15 is 0 Å². The van der Waals surface area contributed by atoms with Gasteiger partial charge in [0.15, 0.2) is 11.6 Å². The maximum Gasteiger partial charge on any atom is 0.220 e. The number of rotatable bonds is 8. The molecule has 0 unspecified atom stereocenters. The second-order valence-electron chi connectivity index (χ2n) is 7.75. The van der Waals surface area contributed by atoms with E-state index in [1.165, 1.54) is 0 Å². The number of nitrogens with zero attached hydrogens (tertiary/aromatic N) is 1. The normalized spacial score (nSPS) is 11.5. The van der Waals surface area contributed by atoms with E-state index in [1.54, 1.807) is 0 Å². The molecule has 0 spiro atoms. The minimum atomic E-state index is -0.182. The number of unbranched alkanes of at least 4 members (excludes halogenated alkanes) is 1.